The number of rotatable bonds is 3. The Morgan fingerprint density at radius 2 is 2.00 bits per heavy atom. The van der Waals surface area contributed by atoms with Gasteiger partial charge in [0, 0.05) is 26.2 Å². The fraction of sp³-hybridized carbons (Fsp3) is 0.533. The second-order valence-corrected chi connectivity index (χ2v) is 6.68. The van der Waals surface area contributed by atoms with E-state index in [4.69, 9.17) is 5.73 Å². The molecule has 1 aliphatic heterocycles. The van der Waals surface area contributed by atoms with Crippen molar-refractivity contribution in [3.05, 3.63) is 17.1 Å². The lowest BCUT2D eigenvalue weighted by atomic mass is 10.2. The van der Waals surface area contributed by atoms with Crippen LogP contribution in [0.1, 0.15) is 18.4 Å². The van der Waals surface area contributed by atoms with E-state index >= 15 is 0 Å². The number of hydrogen-bond donors (Lipinski definition) is 1. The fourth-order valence-corrected chi connectivity index (χ4v) is 3.75. The first-order valence-corrected chi connectivity index (χ1v) is 8.13. The number of nitrogen functional groups attached to an aromatic ring is 1. The first-order valence-electron chi connectivity index (χ1n) is 7.31. The summed E-state index contributed by atoms with van der Waals surface area (Å²) in [7, 11) is 0. The number of hydrogen-bond acceptors (Lipinski definition) is 5. The molecule has 3 rings (SSSR count). The molecule has 0 amide bonds. The van der Waals surface area contributed by atoms with Crippen LogP contribution in [0.3, 0.4) is 0 Å². The molecule has 1 aliphatic rings. The summed E-state index contributed by atoms with van der Waals surface area (Å²) in [6, 6.07) is 4.23. The number of aromatic nitrogens is 1. The van der Waals surface area contributed by atoms with Crippen LogP contribution in [0.15, 0.2) is 12.1 Å². The topological polar surface area (TPSA) is 45.4 Å². The van der Waals surface area contributed by atoms with E-state index in [1.165, 1.54) is 17.7 Å². The zero-order chi connectivity index (χ0) is 14.1. The highest BCUT2D eigenvalue weighted by Gasteiger charge is 2.19. The van der Waals surface area contributed by atoms with Gasteiger partial charge in [-0.1, -0.05) is 6.92 Å². The van der Waals surface area contributed by atoms with Gasteiger partial charge >= 0.3 is 0 Å². The molecule has 4 nitrogen and oxygen atoms in total. The smallest absolute Gasteiger partial charge is 0.0907 e. The molecule has 0 unspecified atom stereocenters. The summed E-state index contributed by atoms with van der Waals surface area (Å²) in [6.45, 7) is 9.85. The first kappa shape index (κ1) is 13.6. The molecule has 5 heteroatoms. The van der Waals surface area contributed by atoms with Crippen molar-refractivity contribution in [2.75, 3.05) is 43.4 Å². The third kappa shape index (κ3) is 2.60. The predicted molar refractivity (Wildman–Crippen MR) is 87.7 cm³/mol. The molecule has 1 aromatic heterocycles. The highest BCUT2D eigenvalue weighted by Crippen LogP contribution is 2.32. The van der Waals surface area contributed by atoms with Crippen molar-refractivity contribution < 1.29 is 0 Å². The number of anilines is 2. The molecule has 108 valence electrons. The maximum atomic E-state index is 6.24. The van der Waals surface area contributed by atoms with Gasteiger partial charge < -0.3 is 10.6 Å². The molecular formula is C15H22N4S. The maximum absolute atomic E-state index is 6.24. The summed E-state index contributed by atoms with van der Waals surface area (Å²) in [6.07, 6.45) is 1.23. The van der Waals surface area contributed by atoms with Crippen LogP contribution >= 0.6 is 11.3 Å². The summed E-state index contributed by atoms with van der Waals surface area (Å²) in [5, 5.41) is 1.10. The molecular weight excluding hydrogens is 268 g/mol. The highest BCUT2D eigenvalue weighted by molar-refractivity contribution is 7.18. The van der Waals surface area contributed by atoms with Crippen molar-refractivity contribution in [2.45, 2.75) is 20.3 Å². The number of fused-ring (bicyclic) bond motifs is 1. The van der Waals surface area contributed by atoms with E-state index in [0.717, 1.165) is 48.1 Å². The summed E-state index contributed by atoms with van der Waals surface area (Å²) >= 11 is 1.71. The van der Waals surface area contributed by atoms with Crippen molar-refractivity contribution in [1.29, 1.82) is 0 Å². The molecule has 0 aliphatic carbocycles. The number of aryl methyl sites for hydroxylation is 1. The van der Waals surface area contributed by atoms with Gasteiger partial charge in [0.25, 0.3) is 0 Å². The molecule has 2 N–H and O–H groups in total. The molecule has 1 saturated heterocycles. The summed E-state index contributed by atoms with van der Waals surface area (Å²) in [4.78, 5) is 9.50. The van der Waals surface area contributed by atoms with Gasteiger partial charge in [0.15, 0.2) is 0 Å². The fourth-order valence-electron chi connectivity index (χ4n) is 2.90. The Kier molecular flexibility index (Phi) is 3.81. The minimum atomic E-state index is 0.880. The predicted octanol–water partition coefficient (Wildman–Crippen LogP) is 2.72. The number of nitrogens with two attached hydrogens (primary N) is 1. The van der Waals surface area contributed by atoms with Gasteiger partial charge in [-0.2, -0.15) is 0 Å². The Bertz CT molecular complexity index is 599. The number of nitrogens with zero attached hydrogens (tertiary/aromatic N) is 3. The van der Waals surface area contributed by atoms with Gasteiger partial charge in [-0.15, -0.1) is 11.3 Å². The van der Waals surface area contributed by atoms with Gasteiger partial charge in [0.1, 0.15) is 0 Å². The van der Waals surface area contributed by atoms with Crippen molar-refractivity contribution in [2.24, 2.45) is 0 Å². The molecule has 0 saturated carbocycles. The Balaban J connectivity index is 1.82. The lowest BCUT2D eigenvalue weighted by Crippen LogP contribution is -2.46. The van der Waals surface area contributed by atoms with Gasteiger partial charge in [-0.05, 0) is 32.0 Å². The van der Waals surface area contributed by atoms with E-state index in [0.29, 0.717) is 0 Å². The second kappa shape index (κ2) is 5.58. The molecule has 1 aromatic carbocycles. The Hall–Kier alpha value is -1.33. The van der Waals surface area contributed by atoms with Crippen LogP contribution in [0, 0.1) is 6.92 Å². The van der Waals surface area contributed by atoms with E-state index < -0.39 is 0 Å². The molecule has 2 aromatic rings. The molecule has 2 heterocycles. The molecule has 0 atom stereocenters. The van der Waals surface area contributed by atoms with E-state index in [2.05, 4.69) is 33.8 Å². The Labute approximate surface area is 124 Å². The van der Waals surface area contributed by atoms with Crippen molar-refractivity contribution >= 4 is 32.9 Å². The van der Waals surface area contributed by atoms with E-state index in [-0.39, 0.29) is 0 Å². The van der Waals surface area contributed by atoms with E-state index in [1.807, 2.05) is 6.92 Å². The lowest BCUT2D eigenvalue weighted by molar-refractivity contribution is 0.258. The summed E-state index contributed by atoms with van der Waals surface area (Å²) in [5.41, 5.74) is 9.35. The van der Waals surface area contributed by atoms with Gasteiger partial charge in [0.05, 0.1) is 26.6 Å². The largest absolute Gasteiger partial charge is 0.397 e. The number of piperazine rings is 1. The molecule has 20 heavy (non-hydrogen) atoms. The zero-order valence-corrected chi connectivity index (χ0v) is 13.0. The quantitative estimate of drug-likeness (QED) is 0.883. The van der Waals surface area contributed by atoms with Crippen molar-refractivity contribution in [1.82, 2.24) is 9.88 Å². The van der Waals surface area contributed by atoms with Crippen LogP contribution in [0.2, 0.25) is 0 Å². The van der Waals surface area contributed by atoms with Crippen molar-refractivity contribution in [3.8, 4) is 0 Å². The Morgan fingerprint density at radius 3 is 2.70 bits per heavy atom. The van der Waals surface area contributed by atoms with Gasteiger partial charge in [-0.3, -0.25) is 4.90 Å². The number of benzene rings is 1. The van der Waals surface area contributed by atoms with Gasteiger partial charge in [-0.25, -0.2) is 4.98 Å². The molecule has 0 bridgehead atoms. The van der Waals surface area contributed by atoms with Gasteiger partial charge in [0.2, 0.25) is 0 Å². The van der Waals surface area contributed by atoms with Crippen LogP contribution in [0.25, 0.3) is 10.2 Å². The highest BCUT2D eigenvalue weighted by atomic mass is 32.1. The van der Waals surface area contributed by atoms with Crippen LogP contribution < -0.4 is 10.6 Å². The minimum Gasteiger partial charge on any atom is -0.397 e. The average Bonchev–Trinajstić information content (AvgIpc) is 2.78. The summed E-state index contributed by atoms with van der Waals surface area (Å²) in [5.74, 6) is 0. The zero-order valence-electron chi connectivity index (χ0n) is 12.2. The molecule has 0 radical (unpaired) electrons. The molecule has 0 spiro atoms. The van der Waals surface area contributed by atoms with Crippen LogP contribution in [-0.2, 0) is 0 Å². The first-order chi connectivity index (χ1) is 9.67. The lowest BCUT2D eigenvalue weighted by Gasteiger charge is -2.36. The molecule has 1 fully saturated rings. The second-order valence-electron chi connectivity index (χ2n) is 5.44. The van der Waals surface area contributed by atoms with Crippen LogP contribution in [0.5, 0.6) is 0 Å². The SMILES string of the molecule is CCCN1CCN(c2cc3nc(C)sc3cc2N)CC1. The Morgan fingerprint density at radius 1 is 1.25 bits per heavy atom. The minimum absolute atomic E-state index is 0.880. The van der Waals surface area contributed by atoms with Crippen LogP contribution in [-0.4, -0.2) is 42.6 Å². The summed E-state index contributed by atoms with van der Waals surface area (Å²) < 4.78 is 1.19. The monoisotopic (exact) mass is 290 g/mol. The third-order valence-corrected chi connectivity index (χ3v) is 4.83. The standard InChI is InChI=1S/C15H22N4S/c1-3-4-18-5-7-19(8-6-18)14-10-13-15(9-12(14)16)20-11(2)17-13/h9-10H,3-8,16H2,1-2H3. The van der Waals surface area contributed by atoms with E-state index in [1.54, 1.807) is 11.3 Å². The third-order valence-electron chi connectivity index (χ3n) is 3.90. The average molecular weight is 290 g/mol. The maximum Gasteiger partial charge on any atom is 0.0907 e. The normalized spacial score (nSPS) is 17.0. The van der Waals surface area contributed by atoms with Crippen LogP contribution in [0.4, 0.5) is 11.4 Å². The van der Waals surface area contributed by atoms with Crippen molar-refractivity contribution in [3.63, 3.8) is 0 Å². The number of thiazole rings is 1. The van der Waals surface area contributed by atoms with E-state index in [9.17, 15) is 0 Å².